The maximum atomic E-state index is 9.79. The summed E-state index contributed by atoms with van der Waals surface area (Å²) in [5.74, 6) is 0. The van der Waals surface area contributed by atoms with Crippen molar-refractivity contribution in [3.8, 4) is 0 Å². The van der Waals surface area contributed by atoms with Gasteiger partial charge < -0.3 is 5.11 Å². The summed E-state index contributed by atoms with van der Waals surface area (Å²) in [6.45, 7) is 2.84. The fraction of sp³-hybridized carbons (Fsp3) is 0.294. The molecule has 0 amide bonds. The van der Waals surface area contributed by atoms with Gasteiger partial charge in [-0.3, -0.25) is 4.90 Å². The van der Waals surface area contributed by atoms with Crippen molar-refractivity contribution < 1.29 is 5.11 Å². The third-order valence-electron chi connectivity index (χ3n) is 4.04. The number of rotatable bonds is 3. The molecule has 1 heterocycles. The maximum absolute atomic E-state index is 9.79. The van der Waals surface area contributed by atoms with E-state index in [-0.39, 0.29) is 18.2 Å². The lowest BCUT2D eigenvalue weighted by molar-refractivity contribution is -0.0693. The minimum atomic E-state index is -0.199. The van der Waals surface area contributed by atoms with Crippen LogP contribution in [0.5, 0.6) is 0 Å². The Kier molecular flexibility index (Phi) is 3.36. The molecule has 0 bridgehead atoms. The number of benzene rings is 2. The zero-order valence-corrected chi connectivity index (χ0v) is 11.1. The van der Waals surface area contributed by atoms with Gasteiger partial charge in [0.2, 0.25) is 0 Å². The van der Waals surface area contributed by atoms with Crippen LogP contribution in [-0.4, -0.2) is 28.7 Å². The predicted octanol–water partition coefficient (Wildman–Crippen LogP) is 2.84. The van der Waals surface area contributed by atoms with Crippen molar-refractivity contribution in [2.45, 2.75) is 25.1 Å². The first-order valence-corrected chi connectivity index (χ1v) is 6.81. The van der Waals surface area contributed by atoms with E-state index in [9.17, 15) is 5.11 Å². The van der Waals surface area contributed by atoms with Gasteiger partial charge >= 0.3 is 0 Å². The van der Waals surface area contributed by atoms with Crippen LogP contribution >= 0.6 is 0 Å². The van der Waals surface area contributed by atoms with E-state index in [4.69, 9.17) is 0 Å². The smallest absolute Gasteiger partial charge is 0.0820 e. The molecule has 19 heavy (non-hydrogen) atoms. The molecule has 2 aromatic carbocycles. The number of β-amino-alcohol motifs (C(OH)–C–C–N with tert-alkyl or cyclic N) is 1. The molecule has 0 radical (unpaired) electrons. The van der Waals surface area contributed by atoms with Crippen molar-refractivity contribution in [1.82, 2.24) is 4.90 Å². The lowest BCUT2D eigenvalue weighted by Crippen LogP contribution is -2.59. The summed E-state index contributed by atoms with van der Waals surface area (Å²) >= 11 is 0. The summed E-state index contributed by atoms with van der Waals surface area (Å²) in [4.78, 5) is 2.36. The molecule has 1 aliphatic rings. The summed E-state index contributed by atoms with van der Waals surface area (Å²) in [5.41, 5.74) is 2.57. The molecular weight excluding hydrogens is 234 g/mol. The van der Waals surface area contributed by atoms with E-state index in [2.05, 4.69) is 60.4 Å². The lowest BCUT2D eigenvalue weighted by atomic mass is 9.90. The second-order valence-electron chi connectivity index (χ2n) is 5.23. The highest BCUT2D eigenvalue weighted by molar-refractivity contribution is 5.32. The molecule has 1 fully saturated rings. The summed E-state index contributed by atoms with van der Waals surface area (Å²) in [6, 6.07) is 21.5. The van der Waals surface area contributed by atoms with Crippen LogP contribution in [0, 0.1) is 0 Å². The average molecular weight is 253 g/mol. The Labute approximate surface area is 114 Å². The number of aliphatic hydroxyl groups is 1. The zero-order valence-electron chi connectivity index (χ0n) is 11.1. The molecule has 1 N–H and O–H groups in total. The predicted molar refractivity (Wildman–Crippen MR) is 76.9 cm³/mol. The molecule has 2 heteroatoms. The van der Waals surface area contributed by atoms with E-state index in [1.165, 1.54) is 11.1 Å². The Hall–Kier alpha value is -1.64. The summed E-state index contributed by atoms with van der Waals surface area (Å²) in [6.07, 6.45) is -0.199. The highest BCUT2D eigenvalue weighted by Gasteiger charge is 2.39. The van der Waals surface area contributed by atoms with Crippen LogP contribution in [-0.2, 0) is 0 Å². The average Bonchev–Trinajstić information content (AvgIpc) is 2.49. The molecule has 2 atom stereocenters. The van der Waals surface area contributed by atoms with Gasteiger partial charge in [-0.1, -0.05) is 60.7 Å². The maximum Gasteiger partial charge on any atom is 0.0820 e. The molecule has 3 rings (SSSR count). The number of hydrogen-bond donors (Lipinski definition) is 1. The number of aliphatic hydroxyl groups excluding tert-OH is 1. The van der Waals surface area contributed by atoms with Gasteiger partial charge in [0, 0.05) is 12.6 Å². The largest absolute Gasteiger partial charge is 0.390 e. The van der Waals surface area contributed by atoms with Gasteiger partial charge in [0.15, 0.2) is 0 Å². The SMILES string of the molecule is C[C@@H]1[C@@H](O)CN1C(c1ccccc1)c1ccccc1. The molecule has 0 aliphatic carbocycles. The third-order valence-corrected chi connectivity index (χ3v) is 4.04. The minimum Gasteiger partial charge on any atom is -0.390 e. The van der Waals surface area contributed by atoms with Gasteiger partial charge in [0.1, 0.15) is 0 Å². The van der Waals surface area contributed by atoms with Crippen LogP contribution in [0.25, 0.3) is 0 Å². The molecule has 1 saturated heterocycles. The molecule has 0 unspecified atom stereocenters. The lowest BCUT2D eigenvalue weighted by Gasteiger charge is -2.48. The Morgan fingerprint density at radius 1 is 0.947 bits per heavy atom. The van der Waals surface area contributed by atoms with Gasteiger partial charge in [0.25, 0.3) is 0 Å². The van der Waals surface area contributed by atoms with Crippen molar-refractivity contribution in [3.63, 3.8) is 0 Å². The summed E-state index contributed by atoms with van der Waals surface area (Å²) in [5, 5.41) is 9.79. The van der Waals surface area contributed by atoms with E-state index in [0.717, 1.165) is 6.54 Å². The van der Waals surface area contributed by atoms with E-state index in [0.29, 0.717) is 0 Å². The van der Waals surface area contributed by atoms with Crippen molar-refractivity contribution in [2.75, 3.05) is 6.54 Å². The molecule has 0 saturated carbocycles. The Bertz CT molecular complexity index is 486. The van der Waals surface area contributed by atoms with E-state index < -0.39 is 0 Å². The van der Waals surface area contributed by atoms with Crippen molar-refractivity contribution >= 4 is 0 Å². The molecule has 2 nitrogen and oxygen atoms in total. The van der Waals surface area contributed by atoms with Gasteiger partial charge in [-0.15, -0.1) is 0 Å². The molecule has 98 valence electrons. The molecule has 0 aromatic heterocycles. The first-order chi connectivity index (χ1) is 9.27. The second kappa shape index (κ2) is 5.16. The van der Waals surface area contributed by atoms with Crippen LogP contribution in [0.4, 0.5) is 0 Å². The van der Waals surface area contributed by atoms with E-state index in [1.54, 1.807) is 0 Å². The van der Waals surface area contributed by atoms with Crippen LogP contribution in [0.3, 0.4) is 0 Å². The van der Waals surface area contributed by atoms with E-state index >= 15 is 0 Å². The van der Waals surface area contributed by atoms with Gasteiger partial charge in [-0.25, -0.2) is 0 Å². The van der Waals surface area contributed by atoms with Gasteiger partial charge in [-0.2, -0.15) is 0 Å². The highest BCUT2D eigenvalue weighted by atomic mass is 16.3. The number of likely N-dealkylation sites (tertiary alicyclic amines) is 1. The normalized spacial score (nSPS) is 23.3. The summed E-state index contributed by atoms with van der Waals surface area (Å²) in [7, 11) is 0. The van der Waals surface area contributed by atoms with E-state index in [1.807, 2.05) is 12.1 Å². The van der Waals surface area contributed by atoms with Crippen molar-refractivity contribution in [3.05, 3.63) is 71.8 Å². The molecule has 1 aliphatic heterocycles. The number of nitrogens with zero attached hydrogens (tertiary/aromatic N) is 1. The molecule has 2 aromatic rings. The Morgan fingerprint density at radius 3 is 1.79 bits per heavy atom. The topological polar surface area (TPSA) is 23.5 Å². The van der Waals surface area contributed by atoms with Crippen LogP contribution in [0.15, 0.2) is 60.7 Å². The van der Waals surface area contributed by atoms with Crippen LogP contribution in [0.2, 0.25) is 0 Å². The first-order valence-electron chi connectivity index (χ1n) is 6.81. The second-order valence-corrected chi connectivity index (χ2v) is 5.23. The number of hydrogen-bond acceptors (Lipinski definition) is 2. The Balaban J connectivity index is 1.97. The zero-order chi connectivity index (χ0) is 13.2. The van der Waals surface area contributed by atoms with Gasteiger partial charge in [-0.05, 0) is 18.1 Å². The minimum absolute atomic E-state index is 0.199. The standard InChI is InChI=1S/C17H19NO/c1-13-16(19)12-18(13)17(14-8-4-2-5-9-14)15-10-6-3-7-11-15/h2-11,13,16-17,19H,12H2,1H3/t13-,16+/m1/s1. The van der Waals surface area contributed by atoms with Crippen LogP contribution < -0.4 is 0 Å². The Morgan fingerprint density at radius 2 is 1.42 bits per heavy atom. The molecule has 0 spiro atoms. The third kappa shape index (κ3) is 2.29. The van der Waals surface area contributed by atoms with Crippen molar-refractivity contribution in [2.24, 2.45) is 0 Å². The first kappa shape index (κ1) is 12.4. The molecular formula is C17H19NO. The van der Waals surface area contributed by atoms with Crippen molar-refractivity contribution in [1.29, 1.82) is 0 Å². The quantitative estimate of drug-likeness (QED) is 0.909. The fourth-order valence-electron chi connectivity index (χ4n) is 2.80. The van der Waals surface area contributed by atoms with Crippen LogP contribution in [0.1, 0.15) is 24.1 Å². The highest BCUT2D eigenvalue weighted by Crippen LogP contribution is 2.35. The summed E-state index contributed by atoms with van der Waals surface area (Å²) < 4.78 is 0. The van der Waals surface area contributed by atoms with Gasteiger partial charge in [0.05, 0.1) is 12.1 Å². The fourth-order valence-corrected chi connectivity index (χ4v) is 2.80. The monoisotopic (exact) mass is 253 g/mol.